The molecule has 0 radical (unpaired) electrons. The van der Waals surface area contributed by atoms with Crippen molar-refractivity contribution in [3.63, 3.8) is 0 Å². The molecule has 2 nitrogen and oxygen atoms in total. The molecular weight excluding hydrogens is 267 g/mol. The minimum atomic E-state index is 0.0944. The molecule has 0 aromatic heterocycles. The fourth-order valence-corrected chi connectivity index (χ4v) is 1.86. The van der Waals surface area contributed by atoms with Gasteiger partial charge in [-0.15, -0.1) is 19.3 Å². The van der Waals surface area contributed by atoms with Crippen LogP contribution >= 0.6 is 9.24 Å². The summed E-state index contributed by atoms with van der Waals surface area (Å²) in [6, 6.07) is 3.39. The number of hydrogen-bond donors (Lipinski definition) is 0. The van der Waals surface area contributed by atoms with Crippen LogP contribution in [0.2, 0.25) is 0 Å². The molecule has 20 heavy (non-hydrogen) atoms. The summed E-state index contributed by atoms with van der Waals surface area (Å²) < 4.78 is 5.66. The molecule has 0 saturated heterocycles. The summed E-state index contributed by atoms with van der Waals surface area (Å²) in [6.45, 7) is 0.455. The van der Waals surface area contributed by atoms with Gasteiger partial charge in [0.15, 0.2) is 5.75 Å². The number of unbranched alkanes of at least 4 members (excludes halogenated alkanes) is 1. The van der Waals surface area contributed by atoms with Crippen LogP contribution in [0.5, 0.6) is 5.75 Å². The van der Waals surface area contributed by atoms with Crippen molar-refractivity contribution in [2.45, 2.75) is 19.3 Å². The van der Waals surface area contributed by atoms with Crippen molar-refractivity contribution in [1.29, 1.82) is 0 Å². The Bertz CT molecular complexity index is 589. The zero-order chi connectivity index (χ0) is 15.0. The van der Waals surface area contributed by atoms with E-state index in [4.69, 9.17) is 24.0 Å². The van der Waals surface area contributed by atoms with E-state index in [1.54, 1.807) is 12.1 Å². The summed E-state index contributed by atoms with van der Waals surface area (Å²) in [6.07, 6.45) is 18.3. The number of benzene rings is 1. The third-order valence-electron chi connectivity index (χ3n) is 2.63. The number of ether oxygens (including phenoxy) is 1. The molecule has 1 atom stereocenters. The zero-order valence-corrected chi connectivity index (χ0v) is 12.3. The quantitative estimate of drug-likeness (QED) is 0.455. The van der Waals surface area contributed by atoms with Crippen molar-refractivity contribution in [1.82, 2.24) is 0 Å². The molecule has 1 unspecified atom stereocenters. The van der Waals surface area contributed by atoms with Crippen molar-refractivity contribution in [3.05, 3.63) is 28.8 Å². The van der Waals surface area contributed by atoms with E-state index in [-0.39, 0.29) is 5.52 Å². The average molecular weight is 282 g/mol. The van der Waals surface area contributed by atoms with Gasteiger partial charge < -0.3 is 4.74 Å². The van der Waals surface area contributed by atoms with Crippen molar-refractivity contribution < 1.29 is 9.53 Å². The highest BCUT2D eigenvalue weighted by atomic mass is 31.0. The van der Waals surface area contributed by atoms with E-state index in [0.29, 0.717) is 35.5 Å². The molecule has 100 valence electrons. The largest absolute Gasteiger partial charge is 0.491 e. The Morgan fingerprint density at radius 3 is 2.15 bits per heavy atom. The fraction of sp³-hybridized carbons (Fsp3) is 0.235. The van der Waals surface area contributed by atoms with Gasteiger partial charge in [0.2, 0.25) is 0 Å². The van der Waals surface area contributed by atoms with Crippen molar-refractivity contribution in [2.24, 2.45) is 0 Å². The maximum absolute atomic E-state index is 10.8. The second kappa shape index (κ2) is 8.07. The maximum Gasteiger partial charge on any atom is 0.150 e. The van der Waals surface area contributed by atoms with E-state index in [0.717, 1.165) is 12.8 Å². The van der Waals surface area contributed by atoms with Crippen LogP contribution in [0.1, 0.15) is 36.0 Å². The number of terminal acetylenes is 3. The molecule has 0 heterocycles. The van der Waals surface area contributed by atoms with Gasteiger partial charge in [0, 0.05) is 12.0 Å². The first-order chi connectivity index (χ1) is 9.62. The third-order valence-corrected chi connectivity index (χ3v) is 2.92. The molecule has 0 saturated carbocycles. The minimum absolute atomic E-state index is 0.0944. The summed E-state index contributed by atoms with van der Waals surface area (Å²) >= 11 is 0. The highest BCUT2D eigenvalue weighted by Crippen LogP contribution is 2.25. The molecule has 0 amide bonds. The van der Waals surface area contributed by atoms with E-state index >= 15 is 0 Å². The van der Waals surface area contributed by atoms with Crippen LogP contribution in [0.25, 0.3) is 0 Å². The smallest absolute Gasteiger partial charge is 0.150 e. The standard InChI is InChI=1S/C17H15O2P/c1-4-13-11-14(5-2)17(15(6-3)12-13)19-10-8-7-9-16(18)20/h1-3,11-12H,7-10,20H2. The number of carbonyl (C=O) groups excluding carboxylic acids is 1. The molecule has 0 aliphatic heterocycles. The predicted octanol–water partition coefficient (Wildman–Crippen LogP) is 2.58. The first kappa shape index (κ1) is 15.9. The van der Waals surface area contributed by atoms with Gasteiger partial charge in [-0.05, 0) is 25.0 Å². The van der Waals surface area contributed by atoms with Crippen molar-refractivity contribution in [2.75, 3.05) is 6.61 Å². The summed E-state index contributed by atoms with van der Waals surface area (Å²) in [5.41, 5.74) is 1.83. The molecule has 0 spiro atoms. The maximum atomic E-state index is 10.8. The third kappa shape index (κ3) is 4.48. The fourth-order valence-electron chi connectivity index (χ4n) is 1.66. The van der Waals surface area contributed by atoms with Crippen molar-refractivity contribution in [3.8, 4) is 42.8 Å². The van der Waals surface area contributed by atoms with Gasteiger partial charge in [-0.3, -0.25) is 4.79 Å². The molecule has 1 rings (SSSR count). The van der Waals surface area contributed by atoms with Gasteiger partial charge in [-0.25, -0.2) is 0 Å². The Labute approximate surface area is 122 Å². The Morgan fingerprint density at radius 2 is 1.70 bits per heavy atom. The van der Waals surface area contributed by atoms with Crippen LogP contribution in [0.3, 0.4) is 0 Å². The van der Waals surface area contributed by atoms with Crippen molar-refractivity contribution >= 4 is 14.8 Å². The van der Waals surface area contributed by atoms with Crippen LogP contribution in [0, 0.1) is 37.0 Å². The van der Waals surface area contributed by atoms with Crippen LogP contribution in [0.4, 0.5) is 0 Å². The van der Waals surface area contributed by atoms with E-state index in [1.807, 2.05) is 0 Å². The summed E-state index contributed by atoms with van der Waals surface area (Å²) in [4.78, 5) is 10.8. The van der Waals surface area contributed by atoms with E-state index < -0.39 is 0 Å². The Kier molecular flexibility index (Phi) is 6.40. The predicted molar refractivity (Wildman–Crippen MR) is 84.3 cm³/mol. The number of carbonyl (C=O) groups is 1. The first-order valence-electron chi connectivity index (χ1n) is 6.11. The molecule has 1 aromatic rings. The van der Waals surface area contributed by atoms with Gasteiger partial charge in [-0.2, -0.15) is 0 Å². The van der Waals surface area contributed by atoms with Gasteiger partial charge in [-0.1, -0.05) is 27.0 Å². The van der Waals surface area contributed by atoms with E-state index in [2.05, 4.69) is 27.0 Å². The zero-order valence-electron chi connectivity index (χ0n) is 11.1. The monoisotopic (exact) mass is 282 g/mol. The van der Waals surface area contributed by atoms with Crippen LogP contribution in [-0.2, 0) is 4.79 Å². The average Bonchev–Trinajstić information content (AvgIpc) is 2.46. The molecule has 1 aromatic carbocycles. The Morgan fingerprint density at radius 1 is 1.10 bits per heavy atom. The number of rotatable bonds is 6. The lowest BCUT2D eigenvalue weighted by Crippen LogP contribution is -2.02. The second-order valence-electron chi connectivity index (χ2n) is 4.11. The minimum Gasteiger partial charge on any atom is -0.491 e. The van der Waals surface area contributed by atoms with Gasteiger partial charge in [0.05, 0.1) is 17.7 Å². The second-order valence-corrected chi connectivity index (χ2v) is 4.75. The highest BCUT2D eigenvalue weighted by Gasteiger charge is 2.09. The topological polar surface area (TPSA) is 26.3 Å². The summed E-state index contributed by atoms with van der Waals surface area (Å²) in [5, 5.41) is 0. The van der Waals surface area contributed by atoms with Crippen LogP contribution in [-0.4, -0.2) is 12.1 Å². The van der Waals surface area contributed by atoms with Gasteiger partial charge >= 0.3 is 0 Å². The molecule has 3 heteroatoms. The van der Waals surface area contributed by atoms with Crippen LogP contribution < -0.4 is 4.74 Å². The van der Waals surface area contributed by atoms with Gasteiger partial charge in [0.1, 0.15) is 5.52 Å². The van der Waals surface area contributed by atoms with E-state index in [1.165, 1.54) is 0 Å². The van der Waals surface area contributed by atoms with E-state index in [9.17, 15) is 4.79 Å². The highest BCUT2D eigenvalue weighted by molar-refractivity contribution is 7.40. The Hall–Kier alpha value is -2.20. The normalized spacial score (nSPS) is 9.10. The lowest BCUT2D eigenvalue weighted by molar-refractivity contribution is -0.111. The van der Waals surface area contributed by atoms with Gasteiger partial charge in [0.25, 0.3) is 0 Å². The summed E-state index contributed by atoms with van der Waals surface area (Å²) in [5.74, 6) is 8.07. The first-order valence-corrected chi connectivity index (χ1v) is 6.69. The molecule has 0 N–H and O–H groups in total. The van der Waals surface area contributed by atoms with Crippen LogP contribution in [0.15, 0.2) is 12.1 Å². The SMILES string of the molecule is C#Cc1cc(C#C)c(OCCCCC(=O)P)c(C#C)c1. The molecule has 0 fully saturated rings. The molecular formula is C17H15O2P. The molecule has 0 aliphatic rings. The lowest BCUT2D eigenvalue weighted by Gasteiger charge is -2.11. The number of hydrogen-bond acceptors (Lipinski definition) is 2. The summed E-state index contributed by atoms with van der Waals surface area (Å²) in [7, 11) is 2.16. The lowest BCUT2D eigenvalue weighted by atomic mass is 10.0. The molecule has 0 aliphatic carbocycles. The Balaban J connectivity index is 2.80. The molecule has 0 bridgehead atoms.